The molecule has 0 saturated carbocycles. The van der Waals surface area contributed by atoms with Gasteiger partial charge >= 0.3 is 53.6 Å². The maximum atomic E-state index is 14.3. The first kappa shape index (κ1) is 32.6. The Morgan fingerprint density at radius 1 is 0.472 bits per heavy atom. The van der Waals surface area contributed by atoms with Crippen molar-refractivity contribution in [3.63, 3.8) is 0 Å². The van der Waals surface area contributed by atoms with Crippen molar-refractivity contribution in [1.82, 2.24) is 0 Å². The average molecular weight is 586 g/mol. The molecule has 1 aliphatic rings. The van der Waals surface area contributed by atoms with E-state index in [9.17, 15) is 83.4 Å². The standard InChI is InChI=1S/C14H9F19O3/c15-6(16,5(1-2-34)35-3-4-36-5)7(17,18)8(19,20)9(21,22)10(23,24)11(25,26)12(27,28)13(29,30)14(31,32)33/h34H,1-4H2. The van der Waals surface area contributed by atoms with Gasteiger partial charge in [0.2, 0.25) is 5.79 Å². The van der Waals surface area contributed by atoms with Crippen LogP contribution in [0.3, 0.4) is 0 Å². The van der Waals surface area contributed by atoms with Gasteiger partial charge in [-0.2, -0.15) is 83.4 Å². The minimum atomic E-state index is -9.00. The molecule has 1 heterocycles. The fourth-order valence-electron chi connectivity index (χ4n) is 2.68. The molecule has 36 heavy (non-hydrogen) atoms. The molecule has 22 heteroatoms. The summed E-state index contributed by atoms with van der Waals surface area (Å²) in [5.74, 6) is -72.2. The number of hydrogen-bond acceptors (Lipinski definition) is 3. The average Bonchev–Trinajstić information content (AvgIpc) is 3.16. The van der Waals surface area contributed by atoms with Crippen LogP contribution >= 0.6 is 0 Å². The Bertz CT molecular complexity index is 796. The summed E-state index contributed by atoms with van der Waals surface area (Å²) in [6.07, 6.45) is -9.93. The van der Waals surface area contributed by atoms with Gasteiger partial charge in [-0.05, 0) is 0 Å². The van der Waals surface area contributed by atoms with Crippen LogP contribution in [-0.2, 0) is 9.47 Å². The zero-order valence-corrected chi connectivity index (χ0v) is 16.3. The van der Waals surface area contributed by atoms with Gasteiger partial charge in [0.05, 0.1) is 13.2 Å². The smallest absolute Gasteiger partial charge is 0.396 e. The van der Waals surface area contributed by atoms with E-state index >= 15 is 0 Å². The van der Waals surface area contributed by atoms with Crippen molar-refractivity contribution in [2.45, 2.75) is 65.8 Å². The number of rotatable bonds is 10. The Morgan fingerprint density at radius 3 is 1.03 bits per heavy atom. The molecule has 0 radical (unpaired) electrons. The van der Waals surface area contributed by atoms with E-state index < -0.39 is 85.6 Å². The second-order valence-electron chi connectivity index (χ2n) is 7.02. The molecule has 1 aliphatic heterocycles. The van der Waals surface area contributed by atoms with Gasteiger partial charge in [0.25, 0.3) is 0 Å². The Kier molecular flexibility index (Phi) is 7.72. The van der Waals surface area contributed by atoms with Crippen molar-refractivity contribution in [2.24, 2.45) is 0 Å². The highest BCUT2D eigenvalue weighted by Gasteiger charge is 2.97. The normalized spacial score (nSPS) is 19.7. The minimum absolute atomic E-state index is 1.22. The van der Waals surface area contributed by atoms with Crippen LogP contribution in [0.2, 0.25) is 0 Å². The van der Waals surface area contributed by atoms with E-state index in [4.69, 9.17) is 5.11 Å². The quantitative estimate of drug-likeness (QED) is 0.332. The molecule has 0 aromatic heterocycles. The lowest BCUT2D eigenvalue weighted by Gasteiger charge is -2.46. The van der Waals surface area contributed by atoms with Gasteiger partial charge in [-0.15, -0.1) is 0 Å². The molecule has 0 aromatic rings. The number of ether oxygens (including phenoxy) is 2. The third-order valence-electron chi connectivity index (χ3n) is 4.79. The molecule has 1 fully saturated rings. The fraction of sp³-hybridized carbons (Fsp3) is 1.00. The summed E-state index contributed by atoms with van der Waals surface area (Å²) in [6.45, 7) is -4.19. The van der Waals surface area contributed by atoms with E-state index in [-0.39, 0.29) is 0 Å². The van der Waals surface area contributed by atoms with Gasteiger partial charge in [0, 0.05) is 13.0 Å². The number of alkyl halides is 19. The van der Waals surface area contributed by atoms with Crippen LogP contribution in [0, 0.1) is 0 Å². The predicted octanol–water partition coefficient (Wildman–Crippen LogP) is 5.76. The molecular weight excluding hydrogens is 577 g/mol. The van der Waals surface area contributed by atoms with Gasteiger partial charge in [0.1, 0.15) is 0 Å². The highest BCUT2D eigenvalue weighted by molar-refractivity contribution is 5.18. The van der Waals surface area contributed by atoms with Crippen LogP contribution in [-0.4, -0.2) is 84.3 Å². The second-order valence-corrected chi connectivity index (χ2v) is 7.02. The highest BCUT2D eigenvalue weighted by atomic mass is 19.4. The lowest BCUT2D eigenvalue weighted by Crippen LogP contribution is -2.77. The summed E-state index contributed by atoms with van der Waals surface area (Å²) in [5, 5.41) is 8.61. The van der Waals surface area contributed by atoms with Gasteiger partial charge in [0.15, 0.2) is 0 Å². The van der Waals surface area contributed by atoms with E-state index in [1.54, 1.807) is 0 Å². The maximum absolute atomic E-state index is 14.3. The molecule has 0 aliphatic carbocycles. The van der Waals surface area contributed by atoms with E-state index in [0.29, 0.717) is 0 Å². The first-order valence-corrected chi connectivity index (χ1v) is 8.50. The van der Waals surface area contributed by atoms with Crippen LogP contribution < -0.4 is 0 Å². The monoisotopic (exact) mass is 586 g/mol. The molecule has 1 saturated heterocycles. The molecule has 0 spiro atoms. The van der Waals surface area contributed by atoms with Crippen molar-refractivity contribution >= 4 is 0 Å². The number of hydrogen-bond donors (Lipinski definition) is 1. The van der Waals surface area contributed by atoms with Crippen molar-refractivity contribution < 1.29 is 98.0 Å². The zero-order valence-electron chi connectivity index (χ0n) is 16.3. The Morgan fingerprint density at radius 2 is 0.750 bits per heavy atom. The van der Waals surface area contributed by atoms with Crippen LogP contribution in [0.1, 0.15) is 6.42 Å². The topological polar surface area (TPSA) is 38.7 Å². The second kappa shape index (κ2) is 8.53. The summed E-state index contributed by atoms with van der Waals surface area (Å²) < 4.78 is 261. The molecule has 3 nitrogen and oxygen atoms in total. The molecule has 1 rings (SSSR count). The minimum Gasteiger partial charge on any atom is -0.396 e. The number of aliphatic hydroxyl groups excluding tert-OH is 1. The first-order valence-electron chi connectivity index (χ1n) is 8.50. The van der Waals surface area contributed by atoms with E-state index in [2.05, 4.69) is 9.47 Å². The molecule has 0 atom stereocenters. The zero-order chi connectivity index (χ0) is 29.2. The van der Waals surface area contributed by atoms with Crippen molar-refractivity contribution in [1.29, 1.82) is 0 Å². The van der Waals surface area contributed by atoms with Crippen LogP contribution in [0.4, 0.5) is 83.4 Å². The molecule has 0 amide bonds. The van der Waals surface area contributed by atoms with E-state index in [1.807, 2.05) is 0 Å². The summed E-state index contributed by atoms with van der Waals surface area (Å²) in [4.78, 5) is 0. The van der Waals surface area contributed by atoms with Crippen LogP contribution in [0.25, 0.3) is 0 Å². The van der Waals surface area contributed by atoms with Gasteiger partial charge in [-0.1, -0.05) is 0 Å². The van der Waals surface area contributed by atoms with Gasteiger partial charge in [-0.3, -0.25) is 0 Å². The van der Waals surface area contributed by atoms with Gasteiger partial charge < -0.3 is 14.6 Å². The van der Waals surface area contributed by atoms with Crippen LogP contribution in [0.5, 0.6) is 0 Å². The fourth-order valence-corrected chi connectivity index (χ4v) is 2.68. The first-order chi connectivity index (χ1) is 15.5. The summed E-state index contributed by atoms with van der Waals surface area (Å²) in [7, 11) is 0. The number of aliphatic hydroxyl groups is 1. The lowest BCUT2D eigenvalue weighted by molar-refractivity contribution is -0.478. The SMILES string of the molecule is OCCC1(C(F)(F)C(F)(F)C(F)(F)C(F)(F)C(F)(F)C(F)(F)C(F)(F)C(F)(F)C(F)(F)F)OCCO1. The van der Waals surface area contributed by atoms with Crippen molar-refractivity contribution in [3.8, 4) is 0 Å². The third kappa shape index (κ3) is 3.78. The summed E-state index contributed by atoms with van der Waals surface area (Å²) >= 11 is 0. The Labute approximate surface area is 185 Å². The van der Waals surface area contributed by atoms with E-state index in [1.165, 1.54) is 0 Å². The largest absolute Gasteiger partial charge is 0.460 e. The summed E-state index contributed by atoms with van der Waals surface area (Å²) in [5.41, 5.74) is 0. The Hall–Kier alpha value is -1.45. The van der Waals surface area contributed by atoms with E-state index in [0.717, 1.165) is 0 Å². The highest BCUT2D eigenvalue weighted by Crippen LogP contribution is 2.66. The maximum Gasteiger partial charge on any atom is 0.460 e. The third-order valence-corrected chi connectivity index (χ3v) is 4.79. The molecular formula is C14H9F19O3. The van der Waals surface area contributed by atoms with Crippen molar-refractivity contribution in [2.75, 3.05) is 19.8 Å². The lowest BCUT2D eigenvalue weighted by atomic mass is 9.85. The Balaban J connectivity index is 3.76. The molecule has 0 unspecified atom stereocenters. The molecule has 0 bridgehead atoms. The van der Waals surface area contributed by atoms with Crippen molar-refractivity contribution in [3.05, 3.63) is 0 Å². The molecule has 216 valence electrons. The number of halogens is 19. The van der Waals surface area contributed by atoms with Gasteiger partial charge in [-0.25, -0.2) is 0 Å². The molecule has 1 N–H and O–H groups in total. The predicted molar refractivity (Wildman–Crippen MR) is 72.0 cm³/mol. The van der Waals surface area contributed by atoms with Crippen LogP contribution in [0.15, 0.2) is 0 Å². The molecule has 0 aromatic carbocycles. The summed E-state index contributed by atoms with van der Waals surface area (Å²) in [6, 6.07) is 0.